The number of likely N-dealkylation sites (N-methyl/N-ethyl adjacent to an activating group) is 1. The number of carbonyl (C=O) groups is 2. The van der Waals surface area contributed by atoms with Crippen LogP contribution in [0, 0.1) is 0 Å². The van der Waals surface area contributed by atoms with Gasteiger partial charge in [0, 0.05) is 18.1 Å². The maximum atomic E-state index is 12.3. The highest BCUT2D eigenvalue weighted by molar-refractivity contribution is 5.74. The zero-order chi connectivity index (χ0) is 20.1. The van der Waals surface area contributed by atoms with Crippen LogP contribution in [0.15, 0.2) is 30.3 Å². The lowest BCUT2D eigenvalue weighted by Gasteiger charge is -2.42. The van der Waals surface area contributed by atoms with Crippen molar-refractivity contribution >= 4 is 12.0 Å². The lowest BCUT2D eigenvalue weighted by atomic mass is 9.78. The van der Waals surface area contributed by atoms with Gasteiger partial charge in [-0.25, -0.2) is 4.79 Å². The quantitative estimate of drug-likeness (QED) is 0.572. The standard InChI is InChI=1S/C21H31N3O4/c1-2-24(14-19(25)26)18-12-17(13-18)23-20(27)22-16-8-10-21(28,11-9-16)15-6-4-3-5-7-15/h3-7,16-18,28H,2,8-14H2,1H3,(H,25,26)(H2,22,23,27). The SMILES string of the molecule is CCN(CC(=O)O)C1CC(NC(=O)NC2CCC(O)(c3ccccc3)CC2)C1. The maximum absolute atomic E-state index is 12.3. The van der Waals surface area contributed by atoms with Crippen LogP contribution < -0.4 is 10.6 Å². The molecule has 0 radical (unpaired) electrons. The molecular formula is C21H31N3O4. The van der Waals surface area contributed by atoms with Crippen molar-refractivity contribution in [2.45, 2.75) is 69.2 Å². The number of hydrogen-bond acceptors (Lipinski definition) is 4. The summed E-state index contributed by atoms with van der Waals surface area (Å²) in [6.45, 7) is 2.70. The van der Waals surface area contributed by atoms with Gasteiger partial charge in [0.2, 0.25) is 0 Å². The van der Waals surface area contributed by atoms with Crippen LogP contribution in [0.4, 0.5) is 4.79 Å². The van der Waals surface area contributed by atoms with Gasteiger partial charge >= 0.3 is 12.0 Å². The molecule has 0 spiro atoms. The summed E-state index contributed by atoms with van der Waals surface area (Å²) in [5, 5.41) is 25.8. The van der Waals surface area contributed by atoms with Crippen molar-refractivity contribution in [3.8, 4) is 0 Å². The maximum Gasteiger partial charge on any atom is 0.317 e. The topological polar surface area (TPSA) is 102 Å². The summed E-state index contributed by atoms with van der Waals surface area (Å²) in [6.07, 6.45) is 4.32. The van der Waals surface area contributed by atoms with Gasteiger partial charge in [-0.3, -0.25) is 9.69 Å². The van der Waals surface area contributed by atoms with Crippen molar-refractivity contribution in [2.75, 3.05) is 13.1 Å². The smallest absolute Gasteiger partial charge is 0.317 e. The predicted molar refractivity (Wildman–Crippen MR) is 106 cm³/mol. The third-order valence-electron chi connectivity index (χ3n) is 6.17. The Morgan fingerprint density at radius 1 is 1.11 bits per heavy atom. The molecule has 0 aliphatic heterocycles. The molecule has 4 N–H and O–H groups in total. The van der Waals surface area contributed by atoms with Gasteiger partial charge in [0.1, 0.15) is 0 Å². The number of amides is 2. The second-order valence-electron chi connectivity index (χ2n) is 8.07. The van der Waals surface area contributed by atoms with Gasteiger partial charge in [0.25, 0.3) is 0 Å². The molecule has 0 bridgehead atoms. The Kier molecular flexibility index (Phi) is 6.57. The van der Waals surface area contributed by atoms with E-state index in [1.807, 2.05) is 42.2 Å². The minimum atomic E-state index is -0.816. The van der Waals surface area contributed by atoms with Gasteiger partial charge in [0.15, 0.2) is 0 Å². The molecule has 7 nitrogen and oxygen atoms in total. The van der Waals surface area contributed by atoms with E-state index in [-0.39, 0.29) is 30.7 Å². The van der Waals surface area contributed by atoms with Crippen LogP contribution >= 0.6 is 0 Å². The molecule has 2 saturated carbocycles. The predicted octanol–water partition coefficient (Wildman–Crippen LogP) is 2.05. The largest absolute Gasteiger partial charge is 0.480 e. The molecule has 3 rings (SSSR count). The summed E-state index contributed by atoms with van der Waals surface area (Å²) in [4.78, 5) is 25.1. The summed E-state index contributed by atoms with van der Waals surface area (Å²) >= 11 is 0. The summed E-state index contributed by atoms with van der Waals surface area (Å²) < 4.78 is 0. The first-order valence-corrected chi connectivity index (χ1v) is 10.2. The Morgan fingerprint density at radius 3 is 2.29 bits per heavy atom. The molecule has 2 fully saturated rings. The molecule has 1 aromatic rings. The Hall–Kier alpha value is -2.12. The highest BCUT2D eigenvalue weighted by atomic mass is 16.4. The Bertz CT molecular complexity index is 667. The Morgan fingerprint density at radius 2 is 1.71 bits per heavy atom. The third-order valence-corrected chi connectivity index (χ3v) is 6.17. The van der Waals surface area contributed by atoms with Gasteiger partial charge in [-0.05, 0) is 50.6 Å². The van der Waals surface area contributed by atoms with Crippen LogP contribution in [0.25, 0.3) is 0 Å². The van der Waals surface area contributed by atoms with Crippen molar-refractivity contribution in [3.05, 3.63) is 35.9 Å². The second kappa shape index (κ2) is 8.92. The first-order chi connectivity index (χ1) is 13.4. The normalized spacial score (nSPS) is 29.8. The number of nitrogens with zero attached hydrogens (tertiary/aromatic N) is 1. The van der Waals surface area contributed by atoms with E-state index >= 15 is 0 Å². The lowest BCUT2D eigenvalue weighted by molar-refractivity contribution is -0.139. The molecule has 7 heteroatoms. The fourth-order valence-electron chi connectivity index (χ4n) is 4.37. The van der Waals surface area contributed by atoms with E-state index in [0.717, 1.165) is 31.2 Å². The van der Waals surface area contributed by atoms with Crippen LogP contribution in [0.2, 0.25) is 0 Å². The lowest BCUT2D eigenvalue weighted by Crippen LogP contribution is -2.57. The van der Waals surface area contributed by atoms with Crippen molar-refractivity contribution < 1.29 is 19.8 Å². The van der Waals surface area contributed by atoms with Crippen LogP contribution in [0.3, 0.4) is 0 Å². The number of carboxylic acids is 1. The highest BCUT2D eigenvalue weighted by Gasteiger charge is 2.37. The monoisotopic (exact) mass is 389 g/mol. The number of hydrogen-bond donors (Lipinski definition) is 4. The second-order valence-corrected chi connectivity index (χ2v) is 8.07. The fraction of sp³-hybridized carbons (Fsp3) is 0.619. The van der Waals surface area contributed by atoms with Crippen LogP contribution in [0.1, 0.15) is 51.0 Å². The van der Waals surface area contributed by atoms with E-state index in [2.05, 4.69) is 10.6 Å². The van der Waals surface area contributed by atoms with Crippen LogP contribution in [-0.2, 0) is 10.4 Å². The molecule has 0 heterocycles. The zero-order valence-electron chi connectivity index (χ0n) is 16.4. The molecule has 0 atom stereocenters. The van der Waals surface area contributed by atoms with Gasteiger partial charge < -0.3 is 20.8 Å². The number of nitrogens with one attached hydrogen (secondary N) is 2. The number of rotatable bonds is 7. The van der Waals surface area contributed by atoms with Crippen molar-refractivity contribution in [1.82, 2.24) is 15.5 Å². The molecule has 2 aliphatic rings. The van der Waals surface area contributed by atoms with E-state index in [9.17, 15) is 14.7 Å². The number of aliphatic hydroxyl groups is 1. The molecule has 0 unspecified atom stereocenters. The van der Waals surface area contributed by atoms with E-state index in [4.69, 9.17) is 5.11 Å². The summed E-state index contributed by atoms with van der Waals surface area (Å²) in [5.74, 6) is -0.816. The Labute approximate surface area is 166 Å². The van der Waals surface area contributed by atoms with Gasteiger partial charge in [-0.15, -0.1) is 0 Å². The number of carbonyl (C=O) groups excluding carboxylic acids is 1. The van der Waals surface area contributed by atoms with Crippen molar-refractivity contribution in [3.63, 3.8) is 0 Å². The number of carboxylic acid groups (broad SMARTS) is 1. The number of aliphatic carboxylic acids is 1. The number of benzene rings is 1. The summed E-state index contributed by atoms with van der Waals surface area (Å²) in [6, 6.07) is 9.95. The minimum absolute atomic E-state index is 0.0481. The van der Waals surface area contributed by atoms with Crippen LogP contribution in [0.5, 0.6) is 0 Å². The first-order valence-electron chi connectivity index (χ1n) is 10.2. The average molecular weight is 389 g/mol. The molecule has 2 aliphatic carbocycles. The van der Waals surface area contributed by atoms with E-state index < -0.39 is 11.6 Å². The summed E-state index contributed by atoms with van der Waals surface area (Å²) in [7, 11) is 0. The third kappa shape index (κ3) is 5.02. The number of urea groups is 1. The van der Waals surface area contributed by atoms with Crippen molar-refractivity contribution in [2.24, 2.45) is 0 Å². The zero-order valence-corrected chi connectivity index (χ0v) is 16.4. The van der Waals surface area contributed by atoms with Crippen molar-refractivity contribution in [1.29, 1.82) is 0 Å². The van der Waals surface area contributed by atoms with Gasteiger partial charge in [-0.1, -0.05) is 37.3 Å². The Balaban J connectivity index is 1.38. The highest BCUT2D eigenvalue weighted by Crippen LogP contribution is 2.37. The first kappa shape index (κ1) is 20.6. The molecule has 154 valence electrons. The van der Waals surface area contributed by atoms with Gasteiger partial charge in [0.05, 0.1) is 12.1 Å². The van der Waals surface area contributed by atoms with E-state index in [1.165, 1.54) is 0 Å². The van der Waals surface area contributed by atoms with Gasteiger partial charge in [-0.2, -0.15) is 0 Å². The molecular weight excluding hydrogens is 358 g/mol. The molecule has 28 heavy (non-hydrogen) atoms. The molecule has 1 aromatic carbocycles. The molecule has 0 saturated heterocycles. The van der Waals surface area contributed by atoms with E-state index in [0.29, 0.717) is 19.4 Å². The minimum Gasteiger partial charge on any atom is -0.480 e. The summed E-state index contributed by atoms with van der Waals surface area (Å²) in [5.41, 5.74) is 0.144. The van der Waals surface area contributed by atoms with E-state index in [1.54, 1.807) is 0 Å². The molecule has 0 aromatic heterocycles. The average Bonchev–Trinajstić information content (AvgIpc) is 2.65. The molecule has 2 amide bonds. The fourth-order valence-corrected chi connectivity index (χ4v) is 4.37. The van der Waals surface area contributed by atoms with Crippen LogP contribution in [-0.4, -0.2) is 58.3 Å².